The molecule has 5 heteroatoms. The molecule has 4 aromatic carbocycles. The van der Waals surface area contributed by atoms with Gasteiger partial charge in [0.25, 0.3) is 0 Å². The highest BCUT2D eigenvalue weighted by molar-refractivity contribution is 6.58. The van der Waals surface area contributed by atoms with Gasteiger partial charge in [-0.05, 0) is 28.2 Å². The molecule has 0 fully saturated rings. The lowest BCUT2D eigenvalue weighted by Gasteiger charge is -2.11. The number of nitrogens with zero attached hydrogens (tertiary/aromatic N) is 2. The van der Waals surface area contributed by atoms with Gasteiger partial charge in [0.2, 0.25) is 0 Å². The third-order valence-corrected chi connectivity index (χ3v) is 5.53. The lowest BCUT2D eigenvalue weighted by Crippen LogP contribution is -2.29. The van der Waals surface area contributed by atoms with Crippen LogP contribution in [0.5, 0.6) is 0 Å². The van der Waals surface area contributed by atoms with Gasteiger partial charge in [0.15, 0.2) is 5.82 Å². The summed E-state index contributed by atoms with van der Waals surface area (Å²) in [6, 6.07) is 37.5. The van der Waals surface area contributed by atoms with Gasteiger partial charge in [-0.1, -0.05) is 109 Å². The van der Waals surface area contributed by atoms with E-state index in [1.165, 1.54) is 0 Å². The Morgan fingerprint density at radius 1 is 0.455 bits per heavy atom. The topological polar surface area (TPSA) is 66.2 Å². The maximum Gasteiger partial charge on any atom is 0.488 e. The Labute approximate surface area is 193 Å². The number of hydrogen-bond donors (Lipinski definition) is 2. The van der Waals surface area contributed by atoms with Gasteiger partial charge in [-0.3, -0.25) is 0 Å². The fourth-order valence-corrected chi connectivity index (χ4v) is 3.78. The van der Waals surface area contributed by atoms with Gasteiger partial charge < -0.3 is 10.0 Å². The molecule has 2 N–H and O–H groups in total. The Hall–Kier alpha value is -4.06. The van der Waals surface area contributed by atoms with Crippen LogP contribution >= 0.6 is 0 Å². The van der Waals surface area contributed by atoms with Crippen molar-refractivity contribution in [1.29, 1.82) is 0 Å². The Morgan fingerprint density at radius 2 is 0.970 bits per heavy atom. The molecule has 0 atom stereocenters. The molecule has 0 aliphatic carbocycles. The zero-order valence-electron chi connectivity index (χ0n) is 17.8. The Bertz CT molecular complexity index is 1370. The summed E-state index contributed by atoms with van der Waals surface area (Å²) in [6.45, 7) is 0. The third kappa shape index (κ3) is 4.60. The highest BCUT2D eigenvalue weighted by atomic mass is 16.4. The summed E-state index contributed by atoms with van der Waals surface area (Å²) in [6.07, 6.45) is 0. The van der Waals surface area contributed by atoms with Crippen molar-refractivity contribution in [2.45, 2.75) is 0 Å². The van der Waals surface area contributed by atoms with Crippen molar-refractivity contribution in [2.24, 2.45) is 0 Å². The van der Waals surface area contributed by atoms with Crippen molar-refractivity contribution >= 4 is 12.6 Å². The van der Waals surface area contributed by atoms with E-state index in [1.807, 2.05) is 72.8 Å². The molecule has 0 radical (unpaired) electrons. The van der Waals surface area contributed by atoms with Crippen molar-refractivity contribution in [3.05, 3.63) is 115 Å². The second-order valence-corrected chi connectivity index (χ2v) is 7.77. The first-order chi connectivity index (χ1) is 16.2. The van der Waals surface area contributed by atoms with Crippen LogP contribution in [0.3, 0.4) is 0 Å². The van der Waals surface area contributed by atoms with E-state index in [2.05, 4.69) is 24.3 Å². The highest BCUT2D eigenvalue weighted by Crippen LogP contribution is 2.28. The molecule has 5 aromatic rings. The Balaban J connectivity index is 1.61. The first kappa shape index (κ1) is 20.8. The second-order valence-electron chi connectivity index (χ2n) is 7.77. The minimum absolute atomic E-state index is 0.418. The molecule has 4 nitrogen and oxygen atoms in total. The van der Waals surface area contributed by atoms with Gasteiger partial charge >= 0.3 is 7.12 Å². The molecule has 0 aliphatic rings. The molecular weight excluding hydrogens is 407 g/mol. The normalized spacial score (nSPS) is 10.7. The molecule has 0 saturated heterocycles. The molecular formula is C28H21BN2O2. The van der Waals surface area contributed by atoms with Gasteiger partial charge in [-0.15, -0.1) is 0 Å². The second kappa shape index (κ2) is 9.21. The van der Waals surface area contributed by atoms with Crippen LogP contribution in [0.1, 0.15) is 0 Å². The van der Waals surface area contributed by atoms with Crippen molar-refractivity contribution < 1.29 is 10.0 Å². The molecule has 0 unspecified atom stereocenters. The van der Waals surface area contributed by atoms with Crippen molar-refractivity contribution in [2.75, 3.05) is 0 Å². The minimum Gasteiger partial charge on any atom is -0.423 e. The fourth-order valence-electron chi connectivity index (χ4n) is 3.78. The van der Waals surface area contributed by atoms with Crippen LogP contribution in [0.25, 0.3) is 45.0 Å². The summed E-state index contributed by atoms with van der Waals surface area (Å²) in [5.74, 6) is 0.612. The van der Waals surface area contributed by atoms with Gasteiger partial charge in [-0.2, -0.15) is 0 Å². The van der Waals surface area contributed by atoms with Crippen molar-refractivity contribution in [3.63, 3.8) is 0 Å². The number of hydrogen-bond acceptors (Lipinski definition) is 4. The zero-order chi connectivity index (χ0) is 22.6. The Morgan fingerprint density at radius 3 is 1.61 bits per heavy atom. The summed E-state index contributed by atoms with van der Waals surface area (Å²) in [7, 11) is -1.54. The molecule has 158 valence electrons. The fraction of sp³-hybridized carbons (Fsp3) is 0. The van der Waals surface area contributed by atoms with E-state index in [-0.39, 0.29) is 0 Å². The number of rotatable bonds is 5. The van der Waals surface area contributed by atoms with E-state index in [0.29, 0.717) is 17.0 Å². The summed E-state index contributed by atoms with van der Waals surface area (Å²) in [4.78, 5) is 9.68. The van der Waals surface area contributed by atoms with Gasteiger partial charge in [0.05, 0.1) is 11.4 Å². The van der Waals surface area contributed by atoms with Gasteiger partial charge in [0.1, 0.15) is 0 Å². The maximum atomic E-state index is 9.60. The lowest BCUT2D eigenvalue weighted by molar-refractivity contribution is 0.426. The summed E-state index contributed by atoms with van der Waals surface area (Å²) in [5.41, 5.74) is 6.91. The summed E-state index contributed by atoms with van der Waals surface area (Å²) in [5, 5.41) is 19.2. The summed E-state index contributed by atoms with van der Waals surface area (Å²) >= 11 is 0. The minimum atomic E-state index is -1.54. The van der Waals surface area contributed by atoms with Crippen LogP contribution in [-0.4, -0.2) is 27.1 Å². The van der Waals surface area contributed by atoms with E-state index in [0.717, 1.165) is 33.5 Å². The quantitative estimate of drug-likeness (QED) is 0.394. The standard InChI is InChI=1S/C28H21BN2O2/c32-29(33)25-13-7-12-24(18-25)27-19-26(22-10-5-2-6-11-22)30-28(31-27)23-16-14-21(15-17-23)20-8-3-1-4-9-20/h1-19,32-33H. The first-order valence-electron chi connectivity index (χ1n) is 10.7. The molecule has 0 spiro atoms. The largest absolute Gasteiger partial charge is 0.488 e. The Kier molecular flexibility index (Phi) is 5.81. The van der Waals surface area contributed by atoms with E-state index in [4.69, 9.17) is 9.97 Å². The SMILES string of the molecule is OB(O)c1cccc(-c2cc(-c3ccccc3)nc(-c3ccc(-c4ccccc4)cc3)n2)c1. The van der Waals surface area contributed by atoms with Crippen LogP contribution in [-0.2, 0) is 0 Å². The van der Waals surface area contributed by atoms with Crippen LogP contribution in [0.4, 0.5) is 0 Å². The molecule has 0 saturated carbocycles. The van der Waals surface area contributed by atoms with Crippen LogP contribution in [0, 0.1) is 0 Å². The predicted molar refractivity (Wildman–Crippen MR) is 134 cm³/mol. The third-order valence-electron chi connectivity index (χ3n) is 5.53. The number of aromatic nitrogens is 2. The first-order valence-corrected chi connectivity index (χ1v) is 10.7. The average Bonchev–Trinajstić information content (AvgIpc) is 2.89. The van der Waals surface area contributed by atoms with Crippen molar-refractivity contribution in [3.8, 4) is 45.0 Å². The number of benzene rings is 4. The molecule has 0 amide bonds. The average molecular weight is 428 g/mol. The van der Waals surface area contributed by atoms with Crippen molar-refractivity contribution in [1.82, 2.24) is 9.97 Å². The van der Waals surface area contributed by atoms with Crippen LogP contribution in [0.2, 0.25) is 0 Å². The smallest absolute Gasteiger partial charge is 0.423 e. The zero-order valence-corrected chi connectivity index (χ0v) is 17.8. The molecule has 5 rings (SSSR count). The highest BCUT2D eigenvalue weighted by Gasteiger charge is 2.14. The van der Waals surface area contributed by atoms with Gasteiger partial charge in [-0.25, -0.2) is 9.97 Å². The van der Waals surface area contributed by atoms with Crippen LogP contribution in [0.15, 0.2) is 115 Å². The summed E-state index contributed by atoms with van der Waals surface area (Å²) < 4.78 is 0. The maximum absolute atomic E-state index is 9.60. The van der Waals surface area contributed by atoms with E-state index >= 15 is 0 Å². The van der Waals surface area contributed by atoms with E-state index < -0.39 is 7.12 Å². The lowest BCUT2D eigenvalue weighted by atomic mass is 9.79. The monoisotopic (exact) mass is 428 g/mol. The van der Waals surface area contributed by atoms with Crippen LogP contribution < -0.4 is 5.46 Å². The molecule has 1 aromatic heterocycles. The predicted octanol–water partition coefficient (Wildman–Crippen LogP) is 4.82. The molecule has 0 aliphatic heterocycles. The molecule has 0 bridgehead atoms. The molecule has 33 heavy (non-hydrogen) atoms. The molecule has 1 heterocycles. The van der Waals surface area contributed by atoms with E-state index in [9.17, 15) is 10.0 Å². The van der Waals surface area contributed by atoms with Gasteiger partial charge in [0, 0.05) is 11.1 Å². The van der Waals surface area contributed by atoms with E-state index in [1.54, 1.807) is 18.2 Å².